The number of urea groups is 1. The van der Waals surface area contributed by atoms with E-state index in [0.29, 0.717) is 5.82 Å². The van der Waals surface area contributed by atoms with Gasteiger partial charge < -0.3 is 5.32 Å². The molecule has 5 nitrogen and oxygen atoms in total. The molecule has 2 rings (SSSR count). The molecule has 0 saturated carbocycles. The Morgan fingerprint density at radius 2 is 2.00 bits per heavy atom. The summed E-state index contributed by atoms with van der Waals surface area (Å²) >= 11 is 0. The van der Waals surface area contributed by atoms with Crippen LogP contribution in [0.2, 0.25) is 0 Å². The Labute approximate surface area is 106 Å². The monoisotopic (exact) mass is 244 g/mol. The van der Waals surface area contributed by atoms with Gasteiger partial charge in [-0.1, -0.05) is 24.6 Å². The maximum absolute atomic E-state index is 11.7. The molecule has 0 fully saturated rings. The fraction of sp³-hybridized carbons (Fsp3) is 0.231. The smallest absolute Gasteiger partial charge is 0.308 e. The number of amides is 2. The van der Waals surface area contributed by atoms with Gasteiger partial charge in [-0.3, -0.25) is 10.4 Å². The van der Waals surface area contributed by atoms with Crippen molar-refractivity contribution in [2.75, 3.05) is 10.6 Å². The number of carbonyl (C=O) groups excluding carboxylic acids is 1. The first-order chi connectivity index (χ1) is 8.67. The molecule has 94 valence electrons. The van der Waals surface area contributed by atoms with Crippen molar-refractivity contribution in [2.24, 2.45) is 0 Å². The molecular formula is C13H16N4O. The summed E-state index contributed by atoms with van der Waals surface area (Å²) in [4.78, 5) is 11.7. The lowest BCUT2D eigenvalue weighted by Crippen LogP contribution is -2.19. The normalized spacial score (nSPS) is 10.1. The largest absolute Gasteiger partial charge is 0.324 e. The highest BCUT2D eigenvalue weighted by atomic mass is 16.2. The molecule has 18 heavy (non-hydrogen) atoms. The van der Waals surface area contributed by atoms with Gasteiger partial charge in [-0.25, -0.2) is 4.79 Å². The second-order valence-electron chi connectivity index (χ2n) is 4.08. The van der Waals surface area contributed by atoms with Crippen molar-refractivity contribution in [2.45, 2.75) is 20.3 Å². The molecule has 0 aliphatic rings. The van der Waals surface area contributed by atoms with E-state index in [2.05, 4.69) is 20.8 Å². The fourth-order valence-electron chi connectivity index (χ4n) is 1.52. The molecule has 5 heteroatoms. The van der Waals surface area contributed by atoms with Gasteiger partial charge in [-0.15, -0.1) is 0 Å². The van der Waals surface area contributed by atoms with Crippen molar-refractivity contribution < 1.29 is 4.79 Å². The molecule has 0 aliphatic heterocycles. The number of anilines is 2. The lowest BCUT2D eigenvalue weighted by molar-refractivity contribution is 0.262. The quantitative estimate of drug-likeness (QED) is 0.777. The van der Waals surface area contributed by atoms with Crippen molar-refractivity contribution in [1.29, 1.82) is 0 Å². The molecule has 2 amide bonds. The molecule has 1 aromatic carbocycles. The lowest BCUT2D eigenvalue weighted by atomic mass is 10.2. The van der Waals surface area contributed by atoms with E-state index in [1.807, 2.05) is 44.2 Å². The highest BCUT2D eigenvalue weighted by molar-refractivity contribution is 5.99. The van der Waals surface area contributed by atoms with E-state index in [1.54, 1.807) is 0 Å². The first-order valence-electron chi connectivity index (χ1n) is 5.86. The summed E-state index contributed by atoms with van der Waals surface area (Å²) in [5.74, 6) is 0.525. The molecule has 3 N–H and O–H groups in total. The molecule has 0 unspecified atom stereocenters. The molecular weight excluding hydrogens is 228 g/mol. The third-order valence-corrected chi connectivity index (χ3v) is 2.56. The highest BCUT2D eigenvalue weighted by Crippen LogP contribution is 2.10. The second-order valence-corrected chi connectivity index (χ2v) is 4.08. The zero-order valence-corrected chi connectivity index (χ0v) is 10.4. The van der Waals surface area contributed by atoms with Crippen LogP contribution in [0.15, 0.2) is 30.3 Å². The van der Waals surface area contributed by atoms with Crippen molar-refractivity contribution >= 4 is 17.5 Å². The average molecular weight is 244 g/mol. The first kappa shape index (κ1) is 12.2. The summed E-state index contributed by atoms with van der Waals surface area (Å²) in [6.45, 7) is 4.02. The number of rotatable bonds is 3. The van der Waals surface area contributed by atoms with Crippen LogP contribution in [0.25, 0.3) is 0 Å². The van der Waals surface area contributed by atoms with Gasteiger partial charge >= 0.3 is 6.03 Å². The van der Waals surface area contributed by atoms with Crippen LogP contribution in [0.5, 0.6) is 0 Å². The van der Waals surface area contributed by atoms with Gasteiger partial charge in [0.1, 0.15) is 0 Å². The van der Waals surface area contributed by atoms with Gasteiger partial charge in [0, 0.05) is 17.4 Å². The highest BCUT2D eigenvalue weighted by Gasteiger charge is 2.05. The number of nitrogens with zero attached hydrogens (tertiary/aromatic N) is 1. The minimum atomic E-state index is -0.298. The Hall–Kier alpha value is -2.30. The molecule has 2 aromatic rings. The first-order valence-corrected chi connectivity index (χ1v) is 5.86. The van der Waals surface area contributed by atoms with Crippen LogP contribution in [-0.2, 0) is 6.42 Å². The Morgan fingerprint density at radius 1 is 1.28 bits per heavy atom. The van der Waals surface area contributed by atoms with Gasteiger partial charge in [-0.2, -0.15) is 5.10 Å². The zero-order valence-electron chi connectivity index (χ0n) is 10.4. The number of aromatic nitrogens is 2. The standard InChI is InChI=1S/C13H16N4O/c1-3-10-8-12(17-16-10)15-13(18)14-11-6-4-9(2)5-7-11/h4-8H,3H2,1-2H3,(H3,14,15,16,17,18). The van der Waals surface area contributed by atoms with Crippen LogP contribution in [0, 0.1) is 6.92 Å². The van der Waals surface area contributed by atoms with E-state index in [9.17, 15) is 4.79 Å². The van der Waals surface area contributed by atoms with Crippen molar-refractivity contribution in [1.82, 2.24) is 10.2 Å². The maximum atomic E-state index is 11.7. The van der Waals surface area contributed by atoms with E-state index in [0.717, 1.165) is 23.4 Å². The Morgan fingerprint density at radius 3 is 2.61 bits per heavy atom. The minimum Gasteiger partial charge on any atom is -0.308 e. The number of hydrogen-bond donors (Lipinski definition) is 3. The predicted octanol–water partition coefficient (Wildman–Crippen LogP) is 2.92. The molecule has 1 heterocycles. The van der Waals surface area contributed by atoms with Crippen molar-refractivity contribution in [3.8, 4) is 0 Å². The molecule has 0 saturated heterocycles. The number of carbonyl (C=O) groups is 1. The number of aromatic amines is 1. The maximum Gasteiger partial charge on any atom is 0.324 e. The molecule has 0 aliphatic carbocycles. The van der Waals surface area contributed by atoms with E-state index in [4.69, 9.17) is 0 Å². The number of H-pyrrole nitrogens is 1. The SMILES string of the molecule is CCc1cc(NC(=O)Nc2ccc(C)cc2)n[nH]1. The predicted molar refractivity (Wildman–Crippen MR) is 71.8 cm³/mol. The summed E-state index contributed by atoms with van der Waals surface area (Å²) in [5.41, 5.74) is 2.89. The van der Waals surface area contributed by atoms with Crippen LogP contribution < -0.4 is 10.6 Å². The topological polar surface area (TPSA) is 69.8 Å². The van der Waals surface area contributed by atoms with E-state index < -0.39 is 0 Å². The lowest BCUT2D eigenvalue weighted by Gasteiger charge is -2.05. The van der Waals surface area contributed by atoms with E-state index in [-0.39, 0.29) is 6.03 Å². The van der Waals surface area contributed by atoms with Crippen LogP contribution in [0.4, 0.5) is 16.3 Å². The second kappa shape index (κ2) is 5.35. The Balaban J connectivity index is 1.94. The van der Waals surface area contributed by atoms with Crippen LogP contribution >= 0.6 is 0 Å². The number of nitrogens with one attached hydrogen (secondary N) is 3. The minimum absolute atomic E-state index is 0.298. The third kappa shape index (κ3) is 3.10. The van der Waals surface area contributed by atoms with E-state index >= 15 is 0 Å². The summed E-state index contributed by atoms with van der Waals surface area (Å²) in [6, 6.07) is 9.12. The van der Waals surface area contributed by atoms with Crippen molar-refractivity contribution in [3.05, 3.63) is 41.6 Å². The van der Waals surface area contributed by atoms with Gasteiger partial charge in [0.25, 0.3) is 0 Å². The molecule has 0 radical (unpaired) electrons. The molecule has 0 atom stereocenters. The zero-order chi connectivity index (χ0) is 13.0. The molecule has 1 aromatic heterocycles. The van der Waals surface area contributed by atoms with E-state index in [1.165, 1.54) is 0 Å². The van der Waals surface area contributed by atoms with Gasteiger partial charge in [0.05, 0.1) is 0 Å². The van der Waals surface area contributed by atoms with Gasteiger partial charge in [-0.05, 0) is 25.5 Å². The van der Waals surface area contributed by atoms with Crippen LogP contribution in [0.1, 0.15) is 18.2 Å². The summed E-state index contributed by atoms with van der Waals surface area (Å²) in [6.07, 6.45) is 0.855. The summed E-state index contributed by atoms with van der Waals surface area (Å²) < 4.78 is 0. The molecule has 0 bridgehead atoms. The number of hydrogen-bond acceptors (Lipinski definition) is 2. The Bertz CT molecular complexity index is 530. The van der Waals surface area contributed by atoms with Crippen molar-refractivity contribution in [3.63, 3.8) is 0 Å². The fourth-order valence-corrected chi connectivity index (χ4v) is 1.52. The van der Waals surface area contributed by atoms with Crippen LogP contribution in [0.3, 0.4) is 0 Å². The number of aryl methyl sites for hydroxylation is 2. The third-order valence-electron chi connectivity index (χ3n) is 2.56. The van der Waals surface area contributed by atoms with Crippen LogP contribution in [-0.4, -0.2) is 16.2 Å². The van der Waals surface area contributed by atoms with Gasteiger partial charge in [0.2, 0.25) is 0 Å². The van der Waals surface area contributed by atoms with Gasteiger partial charge in [0.15, 0.2) is 5.82 Å². The average Bonchev–Trinajstić information content (AvgIpc) is 2.79. The molecule has 0 spiro atoms. The summed E-state index contributed by atoms with van der Waals surface area (Å²) in [5, 5.41) is 12.2. The summed E-state index contributed by atoms with van der Waals surface area (Å²) in [7, 11) is 0. The Kier molecular flexibility index (Phi) is 3.62. The number of benzene rings is 1.